The fourth-order valence-corrected chi connectivity index (χ4v) is 2.46. The third-order valence-corrected chi connectivity index (χ3v) is 4.43. The lowest BCUT2D eigenvalue weighted by Crippen LogP contribution is -2.23. The molecule has 2 aromatic carbocycles. The molecule has 5 heteroatoms. The topological polar surface area (TPSA) is 29.1 Å². The SMILES string of the molecule is O=C(NCc1ccc(CCl)cc1)c1cccc(Br)c1Cl. The van der Waals surface area contributed by atoms with Crippen LogP contribution in [-0.2, 0) is 12.4 Å². The van der Waals surface area contributed by atoms with Gasteiger partial charge >= 0.3 is 0 Å². The molecule has 0 aliphatic rings. The minimum absolute atomic E-state index is 0.197. The highest BCUT2D eigenvalue weighted by molar-refractivity contribution is 9.10. The first-order valence-corrected chi connectivity index (χ1v) is 7.68. The second-order valence-electron chi connectivity index (χ2n) is 4.23. The molecule has 0 heterocycles. The fourth-order valence-electron chi connectivity index (χ4n) is 1.70. The van der Waals surface area contributed by atoms with Crippen molar-refractivity contribution in [3.05, 3.63) is 68.7 Å². The monoisotopic (exact) mass is 371 g/mol. The zero-order valence-corrected chi connectivity index (χ0v) is 13.6. The first-order valence-electron chi connectivity index (χ1n) is 5.98. The Morgan fingerprint density at radius 2 is 1.75 bits per heavy atom. The van der Waals surface area contributed by atoms with E-state index in [1.165, 1.54) is 0 Å². The summed E-state index contributed by atoms with van der Waals surface area (Å²) >= 11 is 15.1. The van der Waals surface area contributed by atoms with Crippen molar-refractivity contribution in [1.82, 2.24) is 5.32 Å². The number of carbonyl (C=O) groups excluding carboxylic acids is 1. The Balaban J connectivity index is 2.02. The van der Waals surface area contributed by atoms with E-state index in [9.17, 15) is 4.79 Å². The normalized spacial score (nSPS) is 10.3. The van der Waals surface area contributed by atoms with Crippen molar-refractivity contribution in [3.8, 4) is 0 Å². The molecular weight excluding hydrogens is 361 g/mol. The third-order valence-electron chi connectivity index (χ3n) is 2.83. The molecule has 1 amide bonds. The van der Waals surface area contributed by atoms with E-state index >= 15 is 0 Å². The molecule has 0 aliphatic heterocycles. The van der Waals surface area contributed by atoms with Crippen molar-refractivity contribution in [1.29, 1.82) is 0 Å². The van der Waals surface area contributed by atoms with E-state index in [4.69, 9.17) is 23.2 Å². The predicted octanol–water partition coefficient (Wildman–Crippen LogP) is 4.77. The molecule has 0 radical (unpaired) electrons. The number of benzene rings is 2. The summed E-state index contributed by atoms with van der Waals surface area (Å²) in [5, 5.41) is 3.26. The molecule has 0 aromatic heterocycles. The lowest BCUT2D eigenvalue weighted by molar-refractivity contribution is 0.0951. The van der Waals surface area contributed by atoms with E-state index in [1.807, 2.05) is 24.3 Å². The molecule has 104 valence electrons. The molecule has 0 saturated carbocycles. The van der Waals surface area contributed by atoms with Crippen LogP contribution in [0.15, 0.2) is 46.9 Å². The van der Waals surface area contributed by atoms with Crippen LogP contribution in [0, 0.1) is 0 Å². The van der Waals surface area contributed by atoms with E-state index in [0.717, 1.165) is 11.1 Å². The van der Waals surface area contributed by atoms with Crippen molar-refractivity contribution >= 4 is 45.0 Å². The molecule has 0 atom stereocenters. The minimum atomic E-state index is -0.197. The summed E-state index contributed by atoms with van der Waals surface area (Å²) in [4.78, 5) is 12.1. The van der Waals surface area contributed by atoms with Gasteiger partial charge in [-0.1, -0.05) is 41.9 Å². The van der Waals surface area contributed by atoms with Crippen LogP contribution in [0.3, 0.4) is 0 Å². The Labute approximate surface area is 136 Å². The molecule has 0 saturated heterocycles. The molecule has 20 heavy (non-hydrogen) atoms. The standard InChI is InChI=1S/C15H12BrCl2NO/c16-13-3-1-2-12(14(13)18)15(20)19-9-11-6-4-10(8-17)5-7-11/h1-7H,8-9H2,(H,19,20). The summed E-state index contributed by atoms with van der Waals surface area (Å²) in [5.74, 6) is 0.290. The van der Waals surface area contributed by atoms with Crippen molar-refractivity contribution in [2.24, 2.45) is 0 Å². The largest absolute Gasteiger partial charge is 0.348 e. The molecule has 2 nitrogen and oxygen atoms in total. The van der Waals surface area contributed by atoms with Crippen LogP contribution in [0.25, 0.3) is 0 Å². The van der Waals surface area contributed by atoms with Gasteiger partial charge in [0.25, 0.3) is 5.91 Å². The number of hydrogen-bond acceptors (Lipinski definition) is 1. The van der Waals surface area contributed by atoms with Crippen molar-refractivity contribution in [2.75, 3.05) is 0 Å². The second-order valence-corrected chi connectivity index (χ2v) is 5.73. The zero-order chi connectivity index (χ0) is 14.5. The van der Waals surface area contributed by atoms with Crippen LogP contribution < -0.4 is 5.32 Å². The minimum Gasteiger partial charge on any atom is -0.348 e. The van der Waals surface area contributed by atoms with E-state index in [0.29, 0.717) is 27.5 Å². The van der Waals surface area contributed by atoms with Gasteiger partial charge in [0.05, 0.1) is 10.6 Å². The van der Waals surface area contributed by atoms with Gasteiger partial charge in [0.1, 0.15) is 0 Å². The summed E-state index contributed by atoms with van der Waals surface area (Å²) in [6.07, 6.45) is 0. The maximum absolute atomic E-state index is 12.1. The summed E-state index contributed by atoms with van der Waals surface area (Å²) in [6.45, 7) is 0.449. The molecule has 0 spiro atoms. The Bertz CT molecular complexity index is 614. The first-order chi connectivity index (χ1) is 9.61. The summed E-state index contributed by atoms with van der Waals surface area (Å²) in [6, 6.07) is 13.0. The molecule has 0 aliphatic carbocycles. The highest BCUT2D eigenvalue weighted by atomic mass is 79.9. The quantitative estimate of drug-likeness (QED) is 0.769. The van der Waals surface area contributed by atoms with Crippen LogP contribution in [0.5, 0.6) is 0 Å². The van der Waals surface area contributed by atoms with E-state index < -0.39 is 0 Å². The van der Waals surface area contributed by atoms with Crippen LogP contribution in [-0.4, -0.2) is 5.91 Å². The summed E-state index contributed by atoms with van der Waals surface area (Å²) in [5.41, 5.74) is 2.52. The second kappa shape index (κ2) is 7.11. The molecule has 0 unspecified atom stereocenters. The summed E-state index contributed by atoms with van der Waals surface area (Å²) in [7, 11) is 0. The maximum atomic E-state index is 12.1. The third kappa shape index (κ3) is 3.75. The van der Waals surface area contributed by atoms with Gasteiger partial charge in [-0.2, -0.15) is 0 Å². The lowest BCUT2D eigenvalue weighted by Gasteiger charge is -2.08. The predicted molar refractivity (Wildman–Crippen MR) is 86.3 cm³/mol. The summed E-state index contributed by atoms with van der Waals surface area (Å²) < 4.78 is 0.707. The van der Waals surface area contributed by atoms with Crippen molar-refractivity contribution in [2.45, 2.75) is 12.4 Å². The van der Waals surface area contributed by atoms with Crippen molar-refractivity contribution in [3.63, 3.8) is 0 Å². The van der Waals surface area contributed by atoms with Crippen LogP contribution >= 0.6 is 39.1 Å². The van der Waals surface area contributed by atoms with Gasteiger partial charge in [-0.25, -0.2) is 0 Å². The average molecular weight is 373 g/mol. The van der Waals surface area contributed by atoms with E-state index in [2.05, 4.69) is 21.2 Å². The number of nitrogens with one attached hydrogen (secondary N) is 1. The Morgan fingerprint density at radius 3 is 2.40 bits per heavy atom. The fraction of sp³-hybridized carbons (Fsp3) is 0.133. The van der Waals surface area contributed by atoms with E-state index in [1.54, 1.807) is 18.2 Å². The van der Waals surface area contributed by atoms with Crippen LogP contribution in [0.2, 0.25) is 5.02 Å². The van der Waals surface area contributed by atoms with Gasteiger partial charge in [-0.15, -0.1) is 11.6 Å². The first kappa shape index (κ1) is 15.4. The number of carbonyl (C=O) groups is 1. The Morgan fingerprint density at radius 1 is 1.10 bits per heavy atom. The van der Waals surface area contributed by atoms with Gasteiger partial charge < -0.3 is 5.32 Å². The molecule has 1 N–H and O–H groups in total. The highest BCUT2D eigenvalue weighted by Gasteiger charge is 2.11. The van der Waals surface area contributed by atoms with Crippen LogP contribution in [0.1, 0.15) is 21.5 Å². The van der Waals surface area contributed by atoms with Gasteiger partial charge in [0.15, 0.2) is 0 Å². The molecule has 0 fully saturated rings. The average Bonchev–Trinajstić information content (AvgIpc) is 2.48. The van der Waals surface area contributed by atoms with Gasteiger partial charge in [-0.3, -0.25) is 4.79 Å². The Hall–Kier alpha value is -1.03. The van der Waals surface area contributed by atoms with Gasteiger partial charge in [-0.05, 0) is 39.2 Å². The lowest BCUT2D eigenvalue weighted by atomic mass is 10.1. The maximum Gasteiger partial charge on any atom is 0.253 e. The molecule has 2 rings (SSSR count). The molecular formula is C15H12BrCl2NO. The smallest absolute Gasteiger partial charge is 0.253 e. The number of amides is 1. The number of alkyl halides is 1. The van der Waals surface area contributed by atoms with E-state index in [-0.39, 0.29) is 5.91 Å². The number of halogens is 3. The number of rotatable bonds is 4. The highest BCUT2D eigenvalue weighted by Crippen LogP contribution is 2.25. The molecule has 2 aromatic rings. The molecule has 0 bridgehead atoms. The van der Waals surface area contributed by atoms with Gasteiger partial charge in [0, 0.05) is 16.9 Å². The number of hydrogen-bond donors (Lipinski definition) is 1. The van der Waals surface area contributed by atoms with Gasteiger partial charge in [0.2, 0.25) is 0 Å². The Kier molecular flexibility index (Phi) is 5.46. The van der Waals surface area contributed by atoms with Crippen molar-refractivity contribution < 1.29 is 4.79 Å². The zero-order valence-electron chi connectivity index (χ0n) is 10.5. The van der Waals surface area contributed by atoms with Crippen LogP contribution in [0.4, 0.5) is 0 Å².